The van der Waals surface area contributed by atoms with Crippen molar-refractivity contribution in [2.45, 2.75) is 51.5 Å². The Morgan fingerprint density at radius 1 is 1.21 bits per heavy atom. The lowest BCUT2D eigenvalue weighted by Crippen LogP contribution is -2.46. The van der Waals surface area contributed by atoms with Gasteiger partial charge >= 0.3 is 6.03 Å². The van der Waals surface area contributed by atoms with Gasteiger partial charge in [0.2, 0.25) is 0 Å². The van der Waals surface area contributed by atoms with Gasteiger partial charge < -0.3 is 15.1 Å². The SMILES string of the molecule is CC1CCN(C(=O)NCCN(C)C2CCCC2)CC1. The molecule has 0 atom stereocenters. The molecule has 0 aromatic rings. The minimum absolute atomic E-state index is 0.131. The summed E-state index contributed by atoms with van der Waals surface area (Å²) in [7, 11) is 2.19. The van der Waals surface area contributed by atoms with E-state index in [-0.39, 0.29) is 6.03 Å². The van der Waals surface area contributed by atoms with Gasteiger partial charge in [-0.05, 0) is 38.6 Å². The zero-order valence-corrected chi connectivity index (χ0v) is 12.5. The van der Waals surface area contributed by atoms with E-state index in [4.69, 9.17) is 0 Å². The average Bonchev–Trinajstić information content (AvgIpc) is 2.93. The van der Waals surface area contributed by atoms with E-state index in [9.17, 15) is 4.79 Å². The van der Waals surface area contributed by atoms with Crippen LogP contribution in [0.1, 0.15) is 45.4 Å². The summed E-state index contributed by atoms with van der Waals surface area (Å²) in [5, 5.41) is 3.07. The summed E-state index contributed by atoms with van der Waals surface area (Å²) < 4.78 is 0. The maximum Gasteiger partial charge on any atom is 0.317 e. The van der Waals surface area contributed by atoms with Crippen molar-refractivity contribution in [3.63, 3.8) is 0 Å². The summed E-state index contributed by atoms with van der Waals surface area (Å²) in [6, 6.07) is 0.875. The molecule has 1 N–H and O–H groups in total. The van der Waals surface area contributed by atoms with Crippen LogP contribution in [0.15, 0.2) is 0 Å². The van der Waals surface area contributed by atoms with E-state index in [1.54, 1.807) is 0 Å². The predicted octanol–water partition coefficient (Wildman–Crippen LogP) is 2.30. The van der Waals surface area contributed by atoms with Crippen molar-refractivity contribution >= 4 is 6.03 Å². The summed E-state index contributed by atoms with van der Waals surface area (Å²) in [5.74, 6) is 0.776. The Hall–Kier alpha value is -0.770. The number of amides is 2. The van der Waals surface area contributed by atoms with Crippen molar-refractivity contribution in [1.82, 2.24) is 15.1 Å². The molecule has 0 radical (unpaired) electrons. The van der Waals surface area contributed by atoms with Crippen molar-refractivity contribution in [2.24, 2.45) is 5.92 Å². The molecule has 0 bridgehead atoms. The highest BCUT2D eigenvalue weighted by molar-refractivity contribution is 5.74. The number of hydrogen-bond acceptors (Lipinski definition) is 2. The molecule has 1 aliphatic heterocycles. The van der Waals surface area contributed by atoms with Crippen LogP contribution in [0.2, 0.25) is 0 Å². The Morgan fingerprint density at radius 3 is 2.47 bits per heavy atom. The Morgan fingerprint density at radius 2 is 1.84 bits per heavy atom. The van der Waals surface area contributed by atoms with Crippen LogP contribution in [0.4, 0.5) is 4.79 Å². The minimum atomic E-state index is 0.131. The Balaban J connectivity index is 1.60. The van der Waals surface area contributed by atoms with Crippen molar-refractivity contribution in [1.29, 1.82) is 0 Å². The lowest BCUT2D eigenvalue weighted by atomic mass is 10.00. The topological polar surface area (TPSA) is 35.6 Å². The van der Waals surface area contributed by atoms with Crippen molar-refractivity contribution in [3.05, 3.63) is 0 Å². The number of nitrogens with zero attached hydrogens (tertiary/aromatic N) is 2. The molecule has 1 aliphatic carbocycles. The van der Waals surface area contributed by atoms with Crippen LogP contribution in [0.3, 0.4) is 0 Å². The summed E-state index contributed by atoms with van der Waals surface area (Å²) in [6.45, 7) is 5.86. The third kappa shape index (κ3) is 4.37. The van der Waals surface area contributed by atoms with Crippen molar-refractivity contribution in [2.75, 3.05) is 33.2 Å². The molecular formula is C15H29N3O. The molecular weight excluding hydrogens is 238 g/mol. The van der Waals surface area contributed by atoms with Gasteiger partial charge in [-0.15, -0.1) is 0 Å². The molecule has 2 amide bonds. The number of carbonyl (C=O) groups is 1. The monoisotopic (exact) mass is 267 g/mol. The lowest BCUT2D eigenvalue weighted by Gasteiger charge is -2.31. The van der Waals surface area contributed by atoms with E-state index in [1.165, 1.54) is 25.7 Å². The normalized spacial score (nSPS) is 22.2. The van der Waals surface area contributed by atoms with E-state index in [0.29, 0.717) is 0 Å². The van der Waals surface area contributed by atoms with Gasteiger partial charge in [0.1, 0.15) is 0 Å². The van der Waals surface area contributed by atoms with Gasteiger partial charge in [0.25, 0.3) is 0 Å². The zero-order chi connectivity index (χ0) is 13.7. The quantitative estimate of drug-likeness (QED) is 0.848. The average molecular weight is 267 g/mol. The second-order valence-electron chi connectivity index (χ2n) is 6.32. The number of nitrogens with one attached hydrogen (secondary N) is 1. The molecule has 2 rings (SSSR count). The molecule has 2 aliphatic rings. The van der Waals surface area contributed by atoms with Gasteiger partial charge in [-0.1, -0.05) is 19.8 Å². The summed E-state index contributed by atoms with van der Waals surface area (Å²) in [5.41, 5.74) is 0. The molecule has 0 aromatic carbocycles. The molecule has 0 spiro atoms. The molecule has 19 heavy (non-hydrogen) atoms. The van der Waals surface area contributed by atoms with Crippen LogP contribution >= 0.6 is 0 Å². The number of piperidine rings is 1. The number of urea groups is 1. The first kappa shape index (κ1) is 14.6. The van der Waals surface area contributed by atoms with E-state index < -0.39 is 0 Å². The minimum Gasteiger partial charge on any atom is -0.337 e. The molecule has 4 nitrogen and oxygen atoms in total. The standard InChI is InChI=1S/C15H29N3O/c1-13-7-10-18(11-8-13)15(19)16-9-12-17(2)14-5-3-4-6-14/h13-14H,3-12H2,1-2H3,(H,16,19). The maximum atomic E-state index is 12.0. The Bertz CT molecular complexity index is 281. The lowest BCUT2D eigenvalue weighted by molar-refractivity contribution is 0.171. The Labute approximate surface area is 117 Å². The highest BCUT2D eigenvalue weighted by atomic mass is 16.2. The van der Waals surface area contributed by atoms with Gasteiger partial charge in [-0.25, -0.2) is 4.79 Å². The van der Waals surface area contributed by atoms with Gasteiger partial charge in [-0.2, -0.15) is 0 Å². The van der Waals surface area contributed by atoms with E-state index in [1.807, 2.05) is 4.90 Å². The molecule has 4 heteroatoms. The molecule has 1 heterocycles. The van der Waals surface area contributed by atoms with Crippen LogP contribution in [-0.4, -0.2) is 55.1 Å². The zero-order valence-electron chi connectivity index (χ0n) is 12.5. The molecule has 2 fully saturated rings. The Kier molecular flexibility index (Phi) is 5.49. The van der Waals surface area contributed by atoms with Crippen LogP contribution in [0.5, 0.6) is 0 Å². The highest BCUT2D eigenvalue weighted by Crippen LogP contribution is 2.21. The van der Waals surface area contributed by atoms with Gasteiger partial charge in [0, 0.05) is 32.2 Å². The molecule has 0 unspecified atom stereocenters. The van der Waals surface area contributed by atoms with E-state index in [2.05, 4.69) is 24.2 Å². The number of likely N-dealkylation sites (N-methyl/N-ethyl adjacent to an activating group) is 1. The molecule has 0 aromatic heterocycles. The predicted molar refractivity (Wildman–Crippen MR) is 78.3 cm³/mol. The summed E-state index contributed by atoms with van der Waals surface area (Å²) in [6.07, 6.45) is 7.69. The van der Waals surface area contributed by atoms with Crippen LogP contribution in [0.25, 0.3) is 0 Å². The van der Waals surface area contributed by atoms with Gasteiger partial charge in [-0.3, -0.25) is 0 Å². The van der Waals surface area contributed by atoms with Crippen molar-refractivity contribution < 1.29 is 4.79 Å². The first-order chi connectivity index (χ1) is 9.16. The fraction of sp³-hybridized carbons (Fsp3) is 0.933. The van der Waals surface area contributed by atoms with Gasteiger partial charge in [0.05, 0.1) is 0 Å². The number of carbonyl (C=O) groups excluding carboxylic acids is 1. The number of hydrogen-bond donors (Lipinski definition) is 1. The molecule has 1 saturated heterocycles. The fourth-order valence-corrected chi connectivity index (χ4v) is 3.19. The van der Waals surface area contributed by atoms with Crippen molar-refractivity contribution in [3.8, 4) is 0 Å². The van der Waals surface area contributed by atoms with Gasteiger partial charge in [0.15, 0.2) is 0 Å². The second kappa shape index (κ2) is 7.13. The van der Waals surface area contributed by atoms with Crippen LogP contribution in [-0.2, 0) is 0 Å². The smallest absolute Gasteiger partial charge is 0.317 e. The fourth-order valence-electron chi connectivity index (χ4n) is 3.19. The largest absolute Gasteiger partial charge is 0.337 e. The number of rotatable bonds is 4. The summed E-state index contributed by atoms with van der Waals surface area (Å²) >= 11 is 0. The van der Waals surface area contributed by atoms with Crippen LogP contribution < -0.4 is 5.32 Å². The number of likely N-dealkylation sites (tertiary alicyclic amines) is 1. The summed E-state index contributed by atoms with van der Waals surface area (Å²) in [4.78, 5) is 16.4. The maximum absolute atomic E-state index is 12.0. The highest BCUT2D eigenvalue weighted by Gasteiger charge is 2.21. The third-order valence-electron chi connectivity index (χ3n) is 4.76. The van der Waals surface area contributed by atoms with Crippen LogP contribution in [0, 0.1) is 5.92 Å². The molecule has 110 valence electrons. The first-order valence-corrected chi connectivity index (χ1v) is 7.90. The van der Waals surface area contributed by atoms with E-state index >= 15 is 0 Å². The third-order valence-corrected chi connectivity index (χ3v) is 4.76. The first-order valence-electron chi connectivity index (χ1n) is 7.90. The molecule has 1 saturated carbocycles. The second-order valence-corrected chi connectivity index (χ2v) is 6.32. The van der Waals surface area contributed by atoms with E-state index in [0.717, 1.165) is 51.0 Å².